The zero-order valence-electron chi connectivity index (χ0n) is 11.1. The number of nitro groups is 1. The van der Waals surface area contributed by atoms with Crippen LogP contribution in [0, 0.1) is 10.1 Å². The highest BCUT2D eigenvalue weighted by Crippen LogP contribution is 2.23. The van der Waals surface area contributed by atoms with Crippen LogP contribution >= 0.6 is 0 Å². The zero-order chi connectivity index (χ0) is 16.1. The average molecular weight is 301 g/mol. The van der Waals surface area contributed by atoms with Crippen LogP contribution in [0.25, 0.3) is 0 Å². The van der Waals surface area contributed by atoms with E-state index in [1.54, 1.807) is 0 Å². The van der Waals surface area contributed by atoms with Gasteiger partial charge in [-0.05, 0) is 18.2 Å². The summed E-state index contributed by atoms with van der Waals surface area (Å²) >= 11 is 0. The predicted molar refractivity (Wildman–Crippen MR) is 78.5 cm³/mol. The fourth-order valence-electron chi connectivity index (χ4n) is 1.69. The number of hydrogen-bond acceptors (Lipinski definition) is 5. The van der Waals surface area contributed by atoms with Gasteiger partial charge in [0.2, 0.25) is 0 Å². The van der Waals surface area contributed by atoms with Crippen LogP contribution in [-0.2, 0) is 9.59 Å². The first-order valence-corrected chi connectivity index (χ1v) is 6.12. The summed E-state index contributed by atoms with van der Waals surface area (Å²) in [6.45, 7) is 0. The summed E-state index contributed by atoms with van der Waals surface area (Å²) in [5, 5.41) is 24.5. The number of benzene rings is 2. The Morgan fingerprint density at radius 2 is 1.68 bits per heavy atom. The summed E-state index contributed by atoms with van der Waals surface area (Å²) in [5.74, 6) is -2.14. The number of nitro benzene ring substituents is 1. The second-order valence-electron chi connectivity index (χ2n) is 4.23. The predicted octanol–water partition coefficient (Wildman–Crippen LogP) is 1.88. The topological polar surface area (TPSA) is 122 Å². The highest BCUT2D eigenvalue weighted by molar-refractivity contribution is 6.43. The van der Waals surface area contributed by atoms with Crippen LogP contribution in [0.4, 0.5) is 17.1 Å². The number of carbonyl (C=O) groups excluding carboxylic acids is 2. The number of amides is 2. The molecule has 3 N–H and O–H groups in total. The number of phenolic OH excluding ortho intramolecular Hbond substituents is 1. The van der Waals surface area contributed by atoms with Gasteiger partial charge in [-0.15, -0.1) is 0 Å². The minimum absolute atomic E-state index is 0.0723. The minimum atomic E-state index is -1.06. The second kappa shape index (κ2) is 6.35. The van der Waals surface area contributed by atoms with E-state index in [4.69, 9.17) is 0 Å². The molecule has 0 bridgehead atoms. The van der Waals surface area contributed by atoms with E-state index in [0.29, 0.717) is 0 Å². The van der Waals surface area contributed by atoms with Gasteiger partial charge < -0.3 is 15.7 Å². The van der Waals surface area contributed by atoms with Crippen molar-refractivity contribution >= 4 is 28.9 Å². The Bertz CT molecular complexity index is 745. The Morgan fingerprint density at radius 1 is 1.00 bits per heavy atom. The monoisotopic (exact) mass is 301 g/mol. The molecule has 0 aromatic heterocycles. The van der Waals surface area contributed by atoms with Gasteiger partial charge in [0.25, 0.3) is 5.69 Å². The van der Waals surface area contributed by atoms with Crippen LogP contribution in [0.5, 0.6) is 5.75 Å². The Kier molecular flexibility index (Phi) is 4.33. The summed E-state index contributed by atoms with van der Waals surface area (Å²) in [7, 11) is 0. The van der Waals surface area contributed by atoms with Crippen molar-refractivity contribution in [1.29, 1.82) is 0 Å². The maximum atomic E-state index is 11.8. The molecule has 0 aliphatic heterocycles. The normalized spacial score (nSPS) is 9.82. The van der Waals surface area contributed by atoms with Gasteiger partial charge in [0.15, 0.2) is 0 Å². The van der Waals surface area contributed by atoms with Crippen molar-refractivity contribution in [3.8, 4) is 5.75 Å². The van der Waals surface area contributed by atoms with E-state index in [1.165, 1.54) is 48.5 Å². The number of hydrogen-bond donors (Lipinski definition) is 3. The van der Waals surface area contributed by atoms with E-state index in [1.807, 2.05) is 0 Å². The maximum absolute atomic E-state index is 11.8. The first-order chi connectivity index (χ1) is 10.5. The van der Waals surface area contributed by atoms with Crippen molar-refractivity contribution in [2.24, 2.45) is 0 Å². The lowest BCUT2D eigenvalue weighted by Gasteiger charge is -2.07. The number of nitrogens with zero attached hydrogens (tertiary/aromatic N) is 1. The van der Waals surface area contributed by atoms with E-state index in [2.05, 4.69) is 10.6 Å². The van der Waals surface area contributed by atoms with E-state index in [0.717, 1.165) is 0 Å². The SMILES string of the molecule is O=C(Nc1cccc(O)c1)C(=O)Nc1ccccc1[N+](=O)[O-]. The average Bonchev–Trinajstić information content (AvgIpc) is 2.47. The molecule has 2 aromatic rings. The summed E-state index contributed by atoms with van der Waals surface area (Å²) < 4.78 is 0. The first-order valence-electron chi connectivity index (χ1n) is 6.12. The molecule has 2 amide bonds. The van der Waals surface area contributed by atoms with Crippen molar-refractivity contribution < 1.29 is 19.6 Å². The van der Waals surface area contributed by atoms with Crippen LogP contribution in [0.3, 0.4) is 0 Å². The lowest BCUT2D eigenvalue weighted by atomic mass is 10.2. The number of anilines is 2. The number of para-hydroxylation sites is 2. The molecule has 0 radical (unpaired) electrons. The molecular formula is C14H11N3O5. The number of carbonyl (C=O) groups is 2. The first kappa shape index (κ1) is 15.0. The maximum Gasteiger partial charge on any atom is 0.314 e. The molecule has 112 valence electrons. The fraction of sp³-hybridized carbons (Fsp3) is 0. The van der Waals surface area contributed by atoms with Crippen LogP contribution in [0.1, 0.15) is 0 Å². The largest absolute Gasteiger partial charge is 0.508 e. The van der Waals surface area contributed by atoms with Gasteiger partial charge >= 0.3 is 11.8 Å². The van der Waals surface area contributed by atoms with Crippen molar-refractivity contribution in [3.63, 3.8) is 0 Å². The molecule has 0 saturated carbocycles. The van der Waals surface area contributed by atoms with Crippen molar-refractivity contribution in [3.05, 3.63) is 58.6 Å². The lowest BCUT2D eigenvalue weighted by molar-refractivity contribution is -0.383. The molecule has 0 saturated heterocycles. The van der Waals surface area contributed by atoms with Gasteiger partial charge in [-0.1, -0.05) is 18.2 Å². The standard InChI is InChI=1S/C14H11N3O5/c18-10-5-3-4-9(8-10)15-13(19)14(20)16-11-6-1-2-7-12(11)17(21)22/h1-8,18H,(H,15,19)(H,16,20). The van der Waals surface area contributed by atoms with E-state index >= 15 is 0 Å². The van der Waals surface area contributed by atoms with Gasteiger partial charge in [0, 0.05) is 17.8 Å². The Morgan fingerprint density at radius 3 is 2.36 bits per heavy atom. The minimum Gasteiger partial charge on any atom is -0.508 e. The number of phenols is 1. The Balaban J connectivity index is 2.09. The zero-order valence-corrected chi connectivity index (χ0v) is 11.1. The van der Waals surface area contributed by atoms with Crippen LogP contribution < -0.4 is 10.6 Å². The molecule has 8 nitrogen and oxygen atoms in total. The molecule has 2 rings (SSSR count). The third kappa shape index (κ3) is 3.57. The number of nitrogens with one attached hydrogen (secondary N) is 2. The summed E-state index contributed by atoms with van der Waals surface area (Å²) in [4.78, 5) is 33.7. The Hall–Kier alpha value is -3.42. The lowest BCUT2D eigenvalue weighted by Crippen LogP contribution is -2.29. The molecule has 0 fully saturated rings. The molecule has 0 heterocycles. The van der Waals surface area contributed by atoms with E-state index < -0.39 is 16.7 Å². The highest BCUT2D eigenvalue weighted by Gasteiger charge is 2.19. The van der Waals surface area contributed by atoms with Crippen molar-refractivity contribution in [1.82, 2.24) is 0 Å². The van der Waals surface area contributed by atoms with Gasteiger partial charge in [0.1, 0.15) is 11.4 Å². The molecule has 0 spiro atoms. The van der Waals surface area contributed by atoms with Crippen LogP contribution in [-0.4, -0.2) is 21.8 Å². The second-order valence-corrected chi connectivity index (χ2v) is 4.23. The molecule has 0 aliphatic rings. The smallest absolute Gasteiger partial charge is 0.314 e. The number of rotatable bonds is 3. The number of aromatic hydroxyl groups is 1. The van der Waals surface area contributed by atoms with E-state index in [-0.39, 0.29) is 22.8 Å². The molecule has 2 aromatic carbocycles. The summed E-state index contributed by atoms with van der Waals surface area (Å²) in [6.07, 6.45) is 0. The van der Waals surface area contributed by atoms with Crippen molar-refractivity contribution in [2.45, 2.75) is 0 Å². The molecule has 0 atom stereocenters. The third-order valence-corrected chi connectivity index (χ3v) is 2.66. The summed E-state index contributed by atoms with van der Waals surface area (Å²) in [6, 6.07) is 11.1. The van der Waals surface area contributed by atoms with Gasteiger partial charge in [-0.25, -0.2) is 0 Å². The molecule has 0 unspecified atom stereocenters. The van der Waals surface area contributed by atoms with Gasteiger partial charge in [0.05, 0.1) is 4.92 Å². The fourth-order valence-corrected chi connectivity index (χ4v) is 1.69. The van der Waals surface area contributed by atoms with E-state index in [9.17, 15) is 24.8 Å². The van der Waals surface area contributed by atoms with Crippen LogP contribution in [0.2, 0.25) is 0 Å². The molecular weight excluding hydrogens is 290 g/mol. The Labute approximate surface area is 124 Å². The molecule has 8 heteroatoms. The molecule has 22 heavy (non-hydrogen) atoms. The van der Waals surface area contributed by atoms with Gasteiger partial charge in [-0.3, -0.25) is 19.7 Å². The highest BCUT2D eigenvalue weighted by atomic mass is 16.6. The van der Waals surface area contributed by atoms with Gasteiger partial charge in [-0.2, -0.15) is 0 Å². The molecule has 0 aliphatic carbocycles. The van der Waals surface area contributed by atoms with Crippen LogP contribution in [0.15, 0.2) is 48.5 Å². The van der Waals surface area contributed by atoms with Crippen molar-refractivity contribution in [2.75, 3.05) is 10.6 Å². The quantitative estimate of drug-likeness (QED) is 0.454. The third-order valence-electron chi connectivity index (χ3n) is 2.66. The summed E-state index contributed by atoms with van der Waals surface area (Å²) in [5.41, 5.74) is -0.174.